The first-order valence-electron chi connectivity index (χ1n) is 21.2. The van der Waals surface area contributed by atoms with E-state index in [0.717, 1.165) is 51.5 Å². The van der Waals surface area contributed by atoms with Gasteiger partial charge in [0.2, 0.25) is 0 Å². The molecule has 1 saturated heterocycles. The fourth-order valence-electron chi connectivity index (χ4n) is 7.18. The summed E-state index contributed by atoms with van der Waals surface area (Å²) >= 11 is 0. The number of unbranched alkanes of at least 4 members (excludes halogenated alkanes) is 15. The number of ether oxygens (including phenoxy) is 2. The van der Waals surface area contributed by atoms with E-state index in [0.29, 0.717) is 25.4 Å². The van der Waals surface area contributed by atoms with Gasteiger partial charge in [0, 0.05) is 12.8 Å². The van der Waals surface area contributed by atoms with Crippen molar-refractivity contribution in [3.8, 4) is 0 Å². The molecule has 1 aliphatic rings. The van der Waals surface area contributed by atoms with Crippen molar-refractivity contribution >= 4 is 11.9 Å². The van der Waals surface area contributed by atoms with E-state index >= 15 is 0 Å². The van der Waals surface area contributed by atoms with E-state index in [-0.39, 0.29) is 18.0 Å². The summed E-state index contributed by atoms with van der Waals surface area (Å²) in [7, 11) is 0. The topological polar surface area (TPSA) is 55.8 Å². The number of hydrogen-bond donors (Lipinski definition) is 0. The summed E-state index contributed by atoms with van der Waals surface area (Å²) in [5, 5.41) is 0. The Bertz CT molecular complexity index is 690. The minimum absolute atomic E-state index is 0.0143. The molecule has 2 unspecified atom stereocenters. The van der Waals surface area contributed by atoms with Gasteiger partial charge in [-0.25, -0.2) is 0 Å². The number of hydrogen-bond acceptors (Lipinski definition) is 5. The zero-order chi connectivity index (χ0) is 34.0. The second-order valence-corrected chi connectivity index (χ2v) is 14.9. The van der Waals surface area contributed by atoms with Crippen molar-refractivity contribution in [3.05, 3.63) is 0 Å². The van der Waals surface area contributed by atoms with Crippen molar-refractivity contribution in [2.75, 3.05) is 26.2 Å². The highest BCUT2D eigenvalue weighted by molar-refractivity contribution is 5.69. The second-order valence-electron chi connectivity index (χ2n) is 14.9. The summed E-state index contributed by atoms with van der Waals surface area (Å²) in [5.41, 5.74) is 0. The molecule has 0 aromatic heterocycles. The van der Waals surface area contributed by atoms with Gasteiger partial charge in [-0.15, -0.1) is 0 Å². The Labute approximate surface area is 293 Å². The lowest BCUT2D eigenvalue weighted by Crippen LogP contribution is -2.29. The van der Waals surface area contributed by atoms with E-state index in [1.807, 2.05) is 0 Å². The number of carbonyl (C=O) groups is 2. The highest BCUT2D eigenvalue weighted by Crippen LogP contribution is 2.22. The minimum atomic E-state index is 0.0143. The molecule has 0 spiro atoms. The fourth-order valence-corrected chi connectivity index (χ4v) is 7.18. The molecule has 0 aromatic carbocycles. The molecule has 278 valence electrons. The standard InChI is InChI=1S/C42H81NO4/c1-4-7-10-12-13-17-23-31-40(47-41(44)33-28-36-43-34-25-19-16-20-26-35-43)32-24-18-14-15-21-27-37-46-42(45)38-39(29-9-6-3)30-22-11-8-5-2/h39-40H,4-38H2,1-3H3. The van der Waals surface area contributed by atoms with Crippen LogP contribution in [0.15, 0.2) is 0 Å². The van der Waals surface area contributed by atoms with Crippen LogP contribution in [0.3, 0.4) is 0 Å². The van der Waals surface area contributed by atoms with Crippen molar-refractivity contribution < 1.29 is 19.1 Å². The molecule has 2 atom stereocenters. The molecule has 0 bridgehead atoms. The normalized spacial score (nSPS) is 15.6. The maximum absolute atomic E-state index is 12.8. The molecule has 1 heterocycles. The number of esters is 2. The maximum atomic E-state index is 12.8. The van der Waals surface area contributed by atoms with Crippen LogP contribution in [0.1, 0.15) is 220 Å². The van der Waals surface area contributed by atoms with Gasteiger partial charge in [-0.05, 0) is 89.8 Å². The van der Waals surface area contributed by atoms with Crippen molar-refractivity contribution in [2.24, 2.45) is 5.92 Å². The molecule has 0 aliphatic carbocycles. The van der Waals surface area contributed by atoms with Crippen LogP contribution >= 0.6 is 0 Å². The van der Waals surface area contributed by atoms with Gasteiger partial charge in [0.1, 0.15) is 6.10 Å². The van der Waals surface area contributed by atoms with Crippen LogP contribution in [0.5, 0.6) is 0 Å². The van der Waals surface area contributed by atoms with Crippen molar-refractivity contribution in [1.82, 2.24) is 4.90 Å². The highest BCUT2D eigenvalue weighted by Gasteiger charge is 2.16. The fraction of sp³-hybridized carbons (Fsp3) is 0.952. The second kappa shape index (κ2) is 33.4. The van der Waals surface area contributed by atoms with Gasteiger partial charge >= 0.3 is 11.9 Å². The van der Waals surface area contributed by atoms with Crippen LogP contribution in [0.2, 0.25) is 0 Å². The van der Waals surface area contributed by atoms with Gasteiger partial charge in [0.05, 0.1) is 6.61 Å². The molecule has 5 nitrogen and oxygen atoms in total. The SMILES string of the molecule is CCCCCCCCCC(CCCCCCCCOC(=O)CC(CCCC)CCCCCC)OC(=O)CCCN1CCCCCCC1. The molecule has 0 N–H and O–H groups in total. The Hall–Kier alpha value is -1.10. The first-order chi connectivity index (χ1) is 23.1. The van der Waals surface area contributed by atoms with E-state index in [9.17, 15) is 9.59 Å². The van der Waals surface area contributed by atoms with Gasteiger partial charge in [-0.1, -0.05) is 143 Å². The van der Waals surface area contributed by atoms with Crippen molar-refractivity contribution in [3.63, 3.8) is 0 Å². The Morgan fingerprint density at radius 2 is 1.02 bits per heavy atom. The number of likely N-dealkylation sites (tertiary alicyclic amines) is 1. The molecule has 1 aliphatic heterocycles. The zero-order valence-corrected chi connectivity index (χ0v) is 32.0. The molecule has 0 radical (unpaired) electrons. The Kier molecular flexibility index (Phi) is 31.2. The highest BCUT2D eigenvalue weighted by atomic mass is 16.5. The monoisotopic (exact) mass is 664 g/mol. The average molecular weight is 664 g/mol. The summed E-state index contributed by atoms with van der Waals surface area (Å²) in [6, 6.07) is 0. The van der Waals surface area contributed by atoms with Crippen LogP contribution in [0.4, 0.5) is 0 Å². The van der Waals surface area contributed by atoms with Crippen LogP contribution in [0.25, 0.3) is 0 Å². The molecule has 47 heavy (non-hydrogen) atoms. The van der Waals surface area contributed by atoms with Gasteiger partial charge in [-0.2, -0.15) is 0 Å². The summed E-state index contributed by atoms with van der Waals surface area (Å²) in [6.07, 6.45) is 36.7. The smallest absolute Gasteiger partial charge is 0.306 e. The summed E-state index contributed by atoms with van der Waals surface area (Å²) in [4.78, 5) is 27.8. The number of nitrogens with zero attached hydrogens (tertiary/aromatic N) is 1. The lowest BCUT2D eigenvalue weighted by atomic mass is 9.92. The van der Waals surface area contributed by atoms with Gasteiger partial charge < -0.3 is 14.4 Å². The molecular formula is C42H81NO4. The quantitative estimate of drug-likeness (QED) is 0.0529. The lowest BCUT2D eigenvalue weighted by molar-refractivity contribution is -0.150. The molecule has 1 rings (SSSR count). The molecule has 0 amide bonds. The van der Waals surface area contributed by atoms with E-state index < -0.39 is 0 Å². The van der Waals surface area contributed by atoms with E-state index in [2.05, 4.69) is 25.7 Å². The summed E-state index contributed by atoms with van der Waals surface area (Å²) in [6.45, 7) is 10.8. The summed E-state index contributed by atoms with van der Waals surface area (Å²) < 4.78 is 11.7. The van der Waals surface area contributed by atoms with Crippen LogP contribution < -0.4 is 0 Å². The van der Waals surface area contributed by atoms with Crippen LogP contribution in [-0.2, 0) is 19.1 Å². The van der Waals surface area contributed by atoms with Gasteiger partial charge in [0.15, 0.2) is 0 Å². The molecule has 5 heteroatoms. The number of rotatable bonds is 32. The number of carbonyl (C=O) groups excluding carboxylic acids is 2. The Morgan fingerprint density at radius 1 is 0.532 bits per heavy atom. The van der Waals surface area contributed by atoms with Crippen LogP contribution in [0, 0.1) is 5.92 Å². The van der Waals surface area contributed by atoms with Gasteiger partial charge in [-0.3, -0.25) is 9.59 Å². The molecule has 0 aromatic rings. The maximum Gasteiger partial charge on any atom is 0.306 e. The third-order valence-corrected chi connectivity index (χ3v) is 10.3. The predicted molar refractivity (Wildman–Crippen MR) is 201 cm³/mol. The minimum Gasteiger partial charge on any atom is -0.466 e. The van der Waals surface area contributed by atoms with E-state index in [1.165, 1.54) is 154 Å². The predicted octanol–water partition coefficient (Wildman–Crippen LogP) is 12.5. The first kappa shape index (κ1) is 43.9. The van der Waals surface area contributed by atoms with E-state index in [4.69, 9.17) is 9.47 Å². The van der Waals surface area contributed by atoms with E-state index in [1.54, 1.807) is 0 Å². The zero-order valence-electron chi connectivity index (χ0n) is 32.0. The van der Waals surface area contributed by atoms with Crippen molar-refractivity contribution in [1.29, 1.82) is 0 Å². The first-order valence-corrected chi connectivity index (χ1v) is 21.2. The molecule has 0 saturated carbocycles. The lowest BCUT2D eigenvalue weighted by Gasteiger charge is -2.24. The van der Waals surface area contributed by atoms with Crippen LogP contribution in [-0.4, -0.2) is 49.2 Å². The average Bonchev–Trinajstić information content (AvgIpc) is 3.04. The third kappa shape index (κ3) is 28.4. The van der Waals surface area contributed by atoms with Gasteiger partial charge in [0.25, 0.3) is 0 Å². The Morgan fingerprint density at radius 3 is 1.64 bits per heavy atom. The largest absolute Gasteiger partial charge is 0.466 e. The Balaban J connectivity index is 2.25. The summed E-state index contributed by atoms with van der Waals surface area (Å²) in [5.74, 6) is 0.537. The van der Waals surface area contributed by atoms with Crippen molar-refractivity contribution in [2.45, 2.75) is 226 Å². The molecular weight excluding hydrogens is 582 g/mol. The molecule has 1 fully saturated rings. The third-order valence-electron chi connectivity index (χ3n) is 10.3.